The highest BCUT2D eigenvalue weighted by molar-refractivity contribution is 7.90. The summed E-state index contributed by atoms with van der Waals surface area (Å²) >= 11 is 0. The van der Waals surface area contributed by atoms with Crippen molar-refractivity contribution in [1.82, 2.24) is 4.98 Å². The van der Waals surface area contributed by atoms with E-state index in [1.807, 2.05) is 0 Å². The molecule has 0 saturated heterocycles. The summed E-state index contributed by atoms with van der Waals surface area (Å²) in [6, 6.07) is 3.07. The molecule has 0 fully saturated rings. The van der Waals surface area contributed by atoms with E-state index in [0.717, 1.165) is 6.26 Å². The molecular formula is C12H20N4O4S. The fraction of sp³-hybridized carbons (Fsp3) is 0.500. The second-order valence-corrected chi connectivity index (χ2v) is 6.40. The molecule has 1 rings (SSSR count). The molecule has 0 aromatic carbocycles. The number of anilines is 1. The van der Waals surface area contributed by atoms with Gasteiger partial charge in [0, 0.05) is 39.1 Å². The van der Waals surface area contributed by atoms with Crippen LogP contribution < -0.4 is 10.6 Å². The summed E-state index contributed by atoms with van der Waals surface area (Å²) < 4.78 is 28.7. The number of nitrogens with zero attached hydrogens (tertiary/aromatic N) is 3. The van der Waals surface area contributed by atoms with Gasteiger partial charge in [0.25, 0.3) is 0 Å². The molecule has 0 aliphatic rings. The number of nitrogens with two attached hydrogens (primary N) is 1. The van der Waals surface area contributed by atoms with Crippen molar-refractivity contribution in [3.63, 3.8) is 0 Å². The number of oxime groups is 1. The molecule has 3 N–H and O–H groups in total. The second kappa shape index (κ2) is 7.79. The van der Waals surface area contributed by atoms with Gasteiger partial charge in [0.1, 0.15) is 16.5 Å². The molecule has 1 heterocycles. The van der Waals surface area contributed by atoms with Gasteiger partial charge in [0.05, 0.1) is 6.61 Å². The predicted octanol–water partition coefficient (Wildman–Crippen LogP) is 0.0744. The maximum absolute atomic E-state index is 11.8. The van der Waals surface area contributed by atoms with Crippen molar-refractivity contribution in [2.75, 3.05) is 38.0 Å². The lowest BCUT2D eigenvalue weighted by molar-refractivity contribution is 0.205. The summed E-state index contributed by atoms with van der Waals surface area (Å²) in [6.07, 6.45) is 2.93. The largest absolute Gasteiger partial charge is 0.409 e. The Labute approximate surface area is 124 Å². The van der Waals surface area contributed by atoms with E-state index in [4.69, 9.17) is 15.7 Å². The molecule has 0 bridgehead atoms. The van der Waals surface area contributed by atoms with Crippen LogP contribution in [0.5, 0.6) is 0 Å². The SMILES string of the molecule is COCCN(CC/C(N)=N/O)c1ncccc1S(C)(=O)=O. The van der Waals surface area contributed by atoms with Crippen LogP contribution in [0.4, 0.5) is 5.82 Å². The van der Waals surface area contributed by atoms with Crippen LogP contribution in [0.1, 0.15) is 6.42 Å². The number of aromatic nitrogens is 1. The normalized spacial score (nSPS) is 12.4. The number of rotatable bonds is 8. The van der Waals surface area contributed by atoms with Crippen molar-refractivity contribution < 1.29 is 18.4 Å². The molecular weight excluding hydrogens is 296 g/mol. The number of sulfone groups is 1. The molecule has 0 aliphatic carbocycles. The Bertz CT molecular complexity index is 589. The first-order valence-corrected chi connectivity index (χ1v) is 8.14. The molecule has 9 heteroatoms. The summed E-state index contributed by atoms with van der Waals surface area (Å²) in [5.74, 6) is 0.400. The van der Waals surface area contributed by atoms with Crippen LogP contribution in [0, 0.1) is 0 Å². The Morgan fingerprint density at radius 3 is 2.81 bits per heavy atom. The molecule has 0 spiro atoms. The zero-order valence-corrected chi connectivity index (χ0v) is 12.9. The third-order valence-electron chi connectivity index (χ3n) is 2.78. The molecule has 0 atom stereocenters. The van der Waals surface area contributed by atoms with Gasteiger partial charge in [-0.25, -0.2) is 13.4 Å². The second-order valence-electron chi connectivity index (χ2n) is 4.42. The van der Waals surface area contributed by atoms with E-state index in [1.165, 1.54) is 12.3 Å². The topological polar surface area (TPSA) is 118 Å². The fourth-order valence-corrected chi connectivity index (χ4v) is 2.57. The number of hydrogen-bond donors (Lipinski definition) is 2. The van der Waals surface area contributed by atoms with Crippen LogP contribution in [0.25, 0.3) is 0 Å². The fourth-order valence-electron chi connectivity index (χ4n) is 1.73. The monoisotopic (exact) mass is 316 g/mol. The van der Waals surface area contributed by atoms with Crippen LogP contribution in [-0.4, -0.2) is 57.5 Å². The van der Waals surface area contributed by atoms with Crippen molar-refractivity contribution >= 4 is 21.5 Å². The average molecular weight is 316 g/mol. The first kappa shape index (κ1) is 17.2. The van der Waals surface area contributed by atoms with Crippen LogP contribution in [-0.2, 0) is 14.6 Å². The quantitative estimate of drug-likeness (QED) is 0.301. The van der Waals surface area contributed by atoms with E-state index in [0.29, 0.717) is 25.5 Å². The van der Waals surface area contributed by atoms with E-state index in [9.17, 15) is 8.42 Å². The zero-order valence-electron chi connectivity index (χ0n) is 12.1. The van der Waals surface area contributed by atoms with Crippen LogP contribution >= 0.6 is 0 Å². The number of hydrogen-bond acceptors (Lipinski definition) is 7. The van der Waals surface area contributed by atoms with Gasteiger partial charge >= 0.3 is 0 Å². The molecule has 0 saturated carbocycles. The Kier molecular flexibility index (Phi) is 6.38. The third-order valence-corrected chi connectivity index (χ3v) is 3.90. The Morgan fingerprint density at radius 1 is 1.52 bits per heavy atom. The van der Waals surface area contributed by atoms with Crippen molar-refractivity contribution in [2.45, 2.75) is 11.3 Å². The average Bonchev–Trinajstić information content (AvgIpc) is 2.46. The van der Waals surface area contributed by atoms with Gasteiger partial charge in [-0.2, -0.15) is 0 Å². The number of pyridine rings is 1. The Balaban J connectivity index is 3.08. The summed E-state index contributed by atoms with van der Waals surface area (Å²) in [7, 11) is -1.85. The van der Waals surface area contributed by atoms with E-state index < -0.39 is 9.84 Å². The lowest BCUT2D eigenvalue weighted by Gasteiger charge is -2.24. The Morgan fingerprint density at radius 2 is 2.24 bits per heavy atom. The van der Waals surface area contributed by atoms with E-state index in [-0.39, 0.29) is 17.2 Å². The standard InChI is InChI=1S/C12H20N4O4S/c1-20-9-8-16(7-5-11(13)15-17)12-10(21(2,18)19)4-3-6-14-12/h3-4,6,17H,5,7-9H2,1-2H3,(H2,13,15). The number of amidine groups is 1. The molecule has 21 heavy (non-hydrogen) atoms. The first-order chi connectivity index (χ1) is 9.90. The maximum Gasteiger partial charge on any atom is 0.179 e. The smallest absolute Gasteiger partial charge is 0.179 e. The van der Waals surface area contributed by atoms with Crippen LogP contribution in [0.2, 0.25) is 0 Å². The number of methoxy groups -OCH3 is 1. The molecule has 0 radical (unpaired) electrons. The highest BCUT2D eigenvalue weighted by atomic mass is 32.2. The van der Waals surface area contributed by atoms with Gasteiger partial charge in [-0.1, -0.05) is 5.16 Å². The molecule has 118 valence electrons. The summed E-state index contributed by atoms with van der Waals surface area (Å²) in [4.78, 5) is 6.02. The van der Waals surface area contributed by atoms with Crippen LogP contribution in [0.15, 0.2) is 28.4 Å². The van der Waals surface area contributed by atoms with E-state index in [1.54, 1.807) is 18.1 Å². The van der Waals surface area contributed by atoms with E-state index in [2.05, 4.69) is 10.1 Å². The van der Waals surface area contributed by atoms with E-state index >= 15 is 0 Å². The molecule has 0 unspecified atom stereocenters. The Hall–Kier alpha value is -1.87. The maximum atomic E-state index is 11.8. The summed E-state index contributed by atoms with van der Waals surface area (Å²) in [5.41, 5.74) is 5.46. The lowest BCUT2D eigenvalue weighted by atomic mass is 10.3. The van der Waals surface area contributed by atoms with Gasteiger partial charge < -0.3 is 20.6 Å². The molecule has 1 aromatic heterocycles. The first-order valence-electron chi connectivity index (χ1n) is 6.25. The van der Waals surface area contributed by atoms with Gasteiger partial charge in [-0.3, -0.25) is 0 Å². The van der Waals surface area contributed by atoms with Gasteiger partial charge in [0.2, 0.25) is 0 Å². The summed E-state index contributed by atoms with van der Waals surface area (Å²) in [5, 5.41) is 11.5. The zero-order chi connectivity index (χ0) is 15.9. The van der Waals surface area contributed by atoms with Gasteiger partial charge in [-0.15, -0.1) is 0 Å². The van der Waals surface area contributed by atoms with Gasteiger partial charge in [0.15, 0.2) is 9.84 Å². The van der Waals surface area contributed by atoms with Crippen molar-refractivity contribution in [1.29, 1.82) is 0 Å². The predicted molar refractivity (Wildman–Crippen MR) is 79.5 cm³/mol. The minimum absolute atomic E-state index is 0.0641. The minimum atomic E-state index is -3.40. The highest BCUT2D eigenvalue weighted by Gasteiger charge is 2.19. The molecule has 1 aromatic rings. The third kappa shape index (κ3) is 5.20. The summed E-state index contributed by atoms with van der Waals surface area (Å²) in [6.45, 7) is 1.20. The van der Waals surface area contributed by atoms with Crippen molar-refractivity contribution in [3.05, 3.63) is 18.3 Å². The minimum Gasteiger partial charge on any atom is -0.409 e. The highest BCUT2D eigenvalue weighted by Crippen LogP contribution is 2.22. The van der Waals surface area contributed by atoms with Crippen molar-refractivity contribution in [3.8, 4) is 0 Å². The number of ether oxygens (including phenoxy) is 1. The van der Waals surface area contributed by atoms with Crippen molar-refractivity contribution in [2.24, 2.45) is 10.9 Å². The molecule has 8 nitrogen and oxygen atoms in total. The molecule has 0 amide bonds. The lowest BCUT2D eigenvalue weighted by Crippen LogP contribution is -2.33. The molecule has 0 aliphatic heterocycles. The van der Waals surface area contributed by atoms with Crippen LogP contribution in [0.3, 0.4) is 0 Å². The van der Waals surface area contributed by atoms with Gasteiger partial charge in [-0.05, 0) is 12.1 Å².